The Morgan fingerprint density at radius 1 is 1.12 bits per heavy atom. The molecule has 3 heterocycles. The Labute approximate surface area is 194 Å². The maximum Gasteiger partial charge on any atom is 0.261 e. The van der Waals surface area contributed by atoms with Gasteiger partial charge in [0.1, 0.15) is 17.5 Å². The third kappa shape index (κ3) is 3.14. The molecule has 1 fully saturated rings. The van der Waals surface area contributed by atoms with Crippen LogP contribution in [0.4, 0.5) is 24.7 Å². The number of fused-ring (bicyclic) bond motifs is 4. The van der Waals surface area contributed by atoms with E-state index in [2.05, 4.69) is 26.9 Å². The number of halogens is 3. The van der Waals surface area contributed by atoms with Crippen LogP contribution >= 0.6 is 0 Å². The van der Waals surface area contributed by atoms with Gasteiger partial charge in [-0.05, 0) is 68.5 Å². The zero-order chi connectivity index (χ0) is 23.7. The summed E-state index contributed by atoms with van der Waals surface area (Å²) in [6.45, 7) is 3.47. The number of benzene rings is 2. The van der Waals surface area contributed by atoms with Crippen LogP contribution in [0.3, 0.4) is 0 Å². The maximum atomic E-state index is 14.3. The Kier molecular flexibility index (Phi) is 4.44. The lowest BCUT2D eigenvalue weighted by Crippen LogP contribution is -2.26. The van der Waals surface area contributed by atoms with Crippen molar-refractivity contribution in [2.24, 2.45) is 5.41 Å². The lowest BCUT2D eigenvalue weighted by Gasteiger charge is -2.32. The highest BCUT2D eigenvalue weighted by Crippen LogP contribution is 2.56. The molecule has 8 heteroatoms. The van der Waals surface area contributed by atoms with E-state index in [1.165, 1.54) is 12.1 Å². The number of rotatable bonds is 2. The molecule has 1 aliphatic carbocycles. The molecule has 0 atom stereocenters. The average Bonchev–Trinajstić information content (AvgIpc) is 3.53. The predicted octanol–water partition coefficient (Wildman–Crippen LogP) is 5.60. The molecule has 0 spiro atoms. The van der Waals surface area contributed by atoms with Crippen LogP contribution in [-0.4, -0.2) is 32.0 Å². The molecule has 0 N–H and O–H groups in total. The fourth-order valence-corrected chi connectivity index (χ4v) is 4.90. The van der Waals surface area contributed by atoms with Gasteiger partial charge in [-0.25, -0.2) is 13.2 Å². The summed E-state index contributed by atoms with van der Waals surface area (Å²) >= 11 is 0. The minimum atomic E-state index is -2.82. The number of nitrogens with zero attached hydrogens (tertiary/aromatic N) is 5. The van der Waals surface area contributed by atoms with Gasteiger partial charge in [-0.1, -0.05) is 17.9 Å². The van der Waals surface area contributed by atoms with Crippen LogP contribution < -0.4 is 4.90 Å². The summed E-state index contributed by atoms with van der Waals surface area (Å²) in [5.74, 6) is 4.49. The van der Waals surface area contributed by atoms with Crippen LogP contribution in [0.2, 0.25) is 0 Å². The Bertz CT molecular complexity index is 1520. The van der Waals surface area contributed by atoms with Crippen LogP contribution in [-0.2, 0) is 6.42 Å². The third-order valence-corrected chi connectivity index (χ3v) is 6.99. The van der Waals surface area contributed by atoms with Gasteiger partial charge in [-0.15, -0.1) is 10.2 Å². The van der Waals surface area contributed by atoms with E-state index in [9.17, 15) is 13.2 Å². The van der Waals surface area contributed by atoms with E-state index in [1.807, 2.05) is 29.5 Å². The average molecular weight is 461 g/mol. The van der Waals surface area contributed by atoms with Crippen molar-refractivity contribution in [2.75, 3.05) is 11.4 Å². The molecular formula is C26H22F3N5. The number of aryl methyl sites for hydroxylation is 1. The van der Waals surface area contributed by atoms with Crippen molar-refractivity contribution in [1.82, 2.24) is 19.6 Å². The van der Waals surface area contributed by atoms with E-state index in [1.54, 1.807) is 6.07 Å². The summed E-state index contributed by atoms with van der Waals surface area (Å²) in [5, 5.41) is 8.99. The lowest BCUT2D eigenvalue weighted by atomic mass is 9.94. The van der Waals surface area contributed by atoms with Crippen LogP contribution in [0.1, 0.15) is 43.1 Å². The second-order valence-electron chi connectivity index (χ2n) is 9.26. The standard InChI is InChI=1S/C26H22F3N5/c1-16-31-32-24-30-23(20-15-18(27)8-9-22(20)34(16)24)33-14-4-6-19-17(5-3-7-21(19)33)10-11-26(12-13-26)25(2,28)29/h3,5,7-9,15H,4,6,12-14H2,1-2H3. The second-order valence-corrected chi connectivity index (χ2v) is 9.26. The monoisotopic (exact) mass is 461 g/mol. The first-order chi connectivity index (χ1) is 16.3. The molecular weight excluding hydrogens is 439 g/mol. The van der Waals surface area contributed by atoms with Gasteiger partial charge in [-0.3, -0.25) is 4.40 Å². The molecule has 6 rings (SSSR count). The van der Waals surface area contributed by atoms with Gasteiger partial charge in [0, 0.05) is 30.1 Å². The summed E-state index contributed by atoms with van der Waals surface area (Å²) in [5.41, 5.74) is 2.22. The molecule has 1 aliphatic heterocycles. The normalized spacial score (nSPS) is 16.9. The SMILES string of the molecule is Cc1nnc2nc(N3CCCc4c(C#CC5(C(C)(F)F)CC5)cccc43)c3cc(F)ccc3n12. The maximum absolute atomic E-state index is 14.3. The van der Waals surface area contributed by atoms with E-state index in [4.69, 9.17) is 4.98 Å². The second kappa shape index (κ2) is 7.20. The summed E-state index contributed by atoms with van der Waals surface area (Å²) in [7, 11) is 0. The fourth-order valence-electron chi connectivity index (χ4n) is 4.90. The molecule has 34 heavy (non-hydrogen) atoms. The van der Waals surface area contributed by atoms with E-state index in [0.29, 0.717) is 42.2 Å². The van der Waals surface area contributed by atoms with Crippen molar-refractivity contribution in [1.29, 1.82) is 0 Å². The summed E-state index contributed by atoms with van der Waals surface area (Å²) in [6.07, 6.45) is 2.45. The highest BCUT2D eigenvalue weighted by Gasteiger charge is 2.58. The highest BCUT2D eigenvalue weighted by atomic mass is 19.3. The van der Waals surface area contributed by atoms with Crippen molar-refractivity contribution in [3.05, 3.63) is 59.2 Å². The van der Waals surface area contributed by atoms with E-state index in [-0.39, 0.29) is 5.82 Å². The van der Waals surface area contributed by atoms with Gasteiger partial charge in [0.05, 0.1) is 10.9 Å². The Morgan fingerprint density at radius 2 is 1.94 bits per heavy atom. The van der Waals surface area contributed by atoms with Gasteiger partial charge < -0.3 is 4.90 Å². The zero-order valence-corrected chi connectivity index (χ0v) is 18.9. The first kappa shape index (κ1) is 21.0. The number of hydrogen-bond acceptors (Lipinski definition) is 4. The predicted molar refractivity (Wildman–Crippen MR) is 124 cm³/mol. The molecule has 0 radical (unpaired) electrons. The van der Waals surface area contributed by atoms with Gasteiger partial charge in [-0.2, -0.15) is 4.98 Å². The van der Waals surface area contributed by atoms with Gasteiger partial charge >= 0.3 is 0 Å². The van der Waals surface area contributed by atoms with Crippen LogP contribution in [0.5, 0.6) is 0 Å². The molecule has 0 amide bonds. The Morgan fingerprint density at radius 3 is 2.71 bits per heavy atom. The van der Waals surface area contributed by atoms with Crippen molar-refractivity contribution in [2.45, 2.75) is 45.5 Å². The van der Waals surface area contributed by atoms with Crippen LogP contribution in [0, 0.1) is 30.0 Å². The van der Waals surface area contributed by atoms with Crippen molar-refractivity contribution in [3.8, 4) is 11.8 Å². The lowest BCUT2D eigenvalue weighted by molar-refractivity contribution is -0.0294. The number of hydrogen-bond donors (Lipinski definition) is 0. The quantitative estimate of drug-likeness (QED) is 0.365. The van der Waals surface area contributed by atoms with Crippen molar-refractivity contribution >= 4 is 28.2 Å². The first-order valence-electron chi connectivity index (χ1n) is 11.4. The number of alkyl halides is 2. The Hall–Kier alpha value is -3.60. The topological polar surface area (TPSA) is 46.3 Å². The fraction of sp³-hybridized carbons (Fsp3) is 0.346. The largest absolute Gasteiger partial charge is 0.325 e. The van der Waals surface area contributed by atoms with E-state index < -0.39 is 11.3 Å². The molecule has 2 aromatic carbocycles. The van der Waals surface area contributed by atoms with Gasteiger partial charge in [0.15, 0.2) is 0 Å². The molecule has 1 saturated carbocycles. The van der Waals surface area contributed by atoms with Gasteiger partial charge in [0.25, 0.3) is 11.7 Å². The summed E-state index contributed by atoms with van der Waals surface area (Å²) in [4.78, 5) is 6.81. The summed E-state index contributed by atoms with van der Waals surface area (Å²) in [6, 6.07) is 10.4. The minimum absolute atomic E-state index is 0.354. The number of anilines is 2. The van der Waals surface area contributed by atoms with E-state index in [0.717, 1.165) is 42.1 Å². The molecule has 0 bridgehead atoms. The molecule has 2 aromatic heterocycles. The number of aromatic nitrogens is 4. The van der Waals surface area contributed by atoms with Crippen LogP contribution in [0.15, 0.2) is 36.4 Å². The zero-order valence-electron chi connectivity index (χ0n) is 18.9. The smallest absolute Gasteiger partial charge is 0.261 e. The van der Waals surface area contributed by atoms with Gasteiger partial charge in [0.2, 0.25) is 0 Å². The minimum Gasteiger partial charge on any atom is -0.325 e. The highest BCUT2D eigenvalue weighted by molar-refractivity contribution is 5.94. The molecule has 0 saturated heterocycles. The van der Waals surface area contributed by atoms with Crippen LogP contribution in [0.25, 0.3) is 16.7 Å². The molecule has 4 aromatic rings. The van der Waals surface area contributed by atoms with Crippen molar-refractivity contribution in [3.63, 3.8) is 0 Å². The first-order valence-corrected chi connectivity index (χ1v) is 11.4. The van der Waals surface area contributed by atoms with Crippen molar-refractivity contribution < 1.29 is 13.2 Å². The molecule has 5 nitrogen and oxygen atoms in total. The van der Waals surface area contributed by atoms with E-state index >= 15 is 0 Å². The summed E-state index contributed by atoms with van der Waals surface area (Å²) < 4.78 is 44.2. The molecule has 172 valence electrons. The molecule has 0 unspecified atom stereocenters. The molecule has 2 aliphatic rings. The Balaban J connectivity index is 1.51. The third-order valence-electron chi connectivity index (χ3n) is 6.99.